The molecule has 0 aliphatic heterocycles. The molecule has 0 aromatic carbocycles. The molecule has 1 aliphatic rings. The zero-order chi connectivity index (χ0) is 17.5. The van der Waals surface area contributed by atoms with Gasteiger partial charge in [-0.3, -0.25) is 0 Å². The summed E-state index contributed by atoms with van der Waals surface area (Å²) < 4.78 is 6.14. The molecule has 126 valence electrons. The Morgan fingerprint density at radius 3 is 2.70 bits per heavy atom. The largest absolute Gasteiger partial charge is 0.486 e. The summed E-state index contributed by atoms with van der Waals surface area (Å²) in [6.07, 6.45) is 13.3. The normalized spacial score (nSPS) is 21.9. The van der Waals surface area contributed by atoms with Gasteiger partial charge in [-0.2, -0.15) is 0 Å². The van der Waals surface area contributed by atoms with E-state index in [-0.39, 0.29) is 11.5 Å². The van der Waals surface area contributed by atoms with Crippen molar-refractivity contribution in [1.82, 2.24) is 0 Å². The highest BCUT2D eigenvalue weighted by atomic mass is 16.5. The molecule has 0 aromatic heterocycles. The Labute approximate surface area is 139 Å². The van der Waals surface area contributed by atoms with Crippen LogP contribution in [0.3, 0.4) is 0 Å². The summed E-state index contributed by atoms with van der Waals surface area (Å²) in [6.45, 7) is 12.1. The molecule has 0 aromatic rings. The number of rotatable bonds is 7. The van der Waals surface area contributed by atoms with Gasteiger partial charge in [-0.05, 0) is 54.9 Å². The summed E-state index contributed by atoms with van der Waals surface area (Å²) in [5.41, 5.74) is 2.10. The van der Waals surface area contributed by atoms with Crippen molar-refractivity contribution in [2.45, 2.75) is 53.1 Å². The van der Waals surface area contributed by atoms with E-state index in [0.29, 0.717) is 0 Å². The molecule has 0 spiro atoms. The van der Waals surface area contributed by atoms with Gasteiger partial charge in [0, 0.05) is 6.08 Å². The molecule has 1 aliphatic carbocycles. The lowest BCUT2D eigenvalue weighted by Crippen LogP contribution is -2.29. The molecule has 1 rings (SSSR count). The van der Waals surface area contributed by atoms with Crippen LogP contribution in [-0.2, 0) is 9.53 Å². The van der Waals surface area contributed by atoms with Crippen LogP contribution in [0.2, 0.25) is 0 Å². The second-order valence-corrected chi connectivity index (χ2v) is 6.41. The number of ether oxygens (including phenoxy) is 1. The van der Waals surface area contributed by atoms with Crippen LogP contribution in [0.4, 0.5) is 0 Å². The van der Waals surface area contributed by atoms with Crippen molar-refractivity contribution in [2.24, 2.45) is 5.41 Å². The van der Waals surface area contributed by atoms with Crippen LogP contribution in [0, 0.1) is 5.41 Å². The molecule has 0 fully saturated rings. The summed E-state index contributed by atoms with van der Waals surface area (Å²) >= 11 is 0. The second kappa shape index (κ2) is 8.56. The first-order chi connectivity index (χ1) is 10.8. The molecule has 1 unspecified atom stereocenters. The number of carboxylic acids is 1. The smallest absolute Gasteiger partial charge is 0.328 e. The zero-order valence-corrected chi connectivity index (χ0v) is 14.6. The molecular weight excluding hydrogens is 288 g/mol. The first-order valence-electron chi connectivity index (χ1n) is 8.10. The van der Waals surface area contributed by atoms with Crippen LogP contribution in [-0.4, -0.2) is 17.2 Å². The van der Waals surface area contributed by atoms with Gasteiger partial charge in [0.2, 0.25) is 0 Å². The Bertz CT molecular complexity index is 559. The summed E-state index contributed by atoms with van der Waals surface area (Å²) in [5, 5.41) is 8.91. The summed E-state index contributed by atoms with van der Waals surface area (Å²) in [6, 6.07) is 0. The van der Waals surface area contributed by atoms with E-state index in [1.54, 1.807) is 12.2 Å². The average Bonchev–Trinajstić information content (AvgIpc) is 2.47. The molecule has 1 atom stereocenters. The van der Waals surface area contributed by atoms with Gasteiger partial charge in [0.05, 0.1) is 0 Å². The van der Waals surface area contributed by atoms with E-state index >= 15 is 0 Å². The molecule has 0 saturated heterocycles. The van der Waals surface area contributed by atoms with Crippen molar-refractivity contribution in [3.63, 3.8) is 0 Å². The Kier molecular flexibility index (Phi) is 7.08. The standard InChI is InChI=1S/C20H28O3/c1-6-8-10-16(9-7-2)23-18-13-14-20(4,5)17(15(18)3)11-12-19(21)22/h7-12,18H,2,6,13-14H2,1,3-5H3,(H,21,22)/b10-8-,12-11+,16-9+. The molecule has 0 heterocycles. The number of carboxylic acid groups (broad SMARTS) is 1. The van der Waals surface area contributed by atoms with Crippen LogP contribution in [0.1, 0.15) is 47.0 Å². The highest BCUT2D eigenvalue weighted by Gasteiger charge is 2.33. The van der Waals surface area contributed by atoms with Crippen molar-refractivity contribution in [2.75, 3.05) is 0 Å². The van der Waals surface area contributed by atoms with Gasteiger partial charge in [-0.15, -0.1) is 0 Å². The fourth-order valence-electron chi connectivity index (χ4n) is 2.86. The fraction of sp³-hybridized carbons (Fsp3) is 0.450. The first-order valence-corrected chi connectivity index (χ1v) is 8.10. The highest BCUT2D eigenvalue weighted by Crippen LogP contribution is 2.42. The molecule has 0 radical (unpaired) electrons. The minimum Gasteiger partial charge on any atom is -0.486 e. The van der Waals surface area contributed by atoms with Crippen molar-refractivity contribution in [3.05, 3.63) is 59.9 Å². The average molecular weight is 316 g/mol. The number of hydrogen-bond acceptors (Lipinski definition) is 2. The van der Waals surface area contributed by atoms with Crippen LogP contribution < -0.4 is 0 Å². The quantitative estimate of drug-likeness (QED) is 0.399. The van der Waals surface area contributed by atoms with Crippen LogP contribution in [0.15, 0.2) is 59.9 Å². The van der Waals surface area contributed by atoms with E-state index in [2.05, 4.69) is 27.4 Å². The van der Waals surface area contributed by atoms with Gasteiger partial charge >= 0.3 is 5.97 Å². The third kappa shape index (κ3) is 5.59. The summed E-state index contributed by atoms with van der Waals surface area (Å²) in [5.74, 6) is -0.144. The molecule has 3 nitrogen and oxygen atoms in total. The monoisotopic (exact) mass is 316 g/mol. The lowest BCUT2D eigenvalue weighted by atomic mass is 9.71. The number of allylic oxidation sites excluding steroid dienone is 6. The predicted octanol–water partition coefficient (Wildman–Crippen LogP) is 5.19. The van der Waals surface area contributed by atoms with Gasteiger partial charge in [0.1, 0.15) is 11.9 Å². The SMILES string of the molecule is C=C/C=C(\C=C/CC)OC1CCC(C)(C)C(/C=C/C(=O)O)=C1C. The van der Waals surface area contributed by atoms with E-state index in [9.17, 15) is 4.79 Å². The summed E-state index contributed by atoms with van der Waals surface area (Å²) in [7, 11) is 0. The van der Waals surface area contributed by atoms with Crippen LogP contribution in [0.25, 0.3) is 0 Å². The van der Waals surface area contributed by atoms with Gasteiger partial charge in [-0.1, -0.05) is 45.6 Å². The van der Waals surface area contributed by atoms with Gasteiger partial charge in [0.15, 0.2) is 0 Å². The third-order valence-electron chi connectivity index (χ3n) is 4.14. The summed E-state index contributed by atoms with van der Waals surface area (Å²) in [4.78, 5) is 10.9. The minimum atomic E-state index is -0.928. The number of hydrogen-bond donors (Lipinski definition) is 1. The second-order valence-electron chi connectivity index (χ2n) is 6.41. The Morgan fingerprint density at radius 1 is 1.43 bits per heavy atom. The molecule has 0 saturated carbocycles. The molecule has 3 heteroatoms. The maximum Gasteiger partial charge on any atom is 0.328 e. The third-order valence-corrected chi connectivity index (χ3v) is 4.14. The maximum absolute atomic E-state index is 10.9. The fourth-order valence-corrected chi connectivity index (χ4v) is 2.86. The van der Waals surface area contributed by atoms with E-state index in [4.69, 9.17) is 9.84 Å². The van der Waals surface area contributed by atoms with E-state index in [1.165, 1.54) is 6.08 Å². The highest BCUT2D eigenvalue weighted by molar-refractivity contribution is 5.80. The van der Waals surface area contributed by atoms with Crippen LogP contribution in [0.5, 0.6) is 0 Å². The first kappa shape index (κ1) is 19.0. The van der Waals surface area contributed by atoms with Gasteiger partial charge in [0.25, 0.3) is 0 Å². The Balaban J connectivity index is 3.10. The minimum absolute atomic E-state index is 0.0378. The molecule has 1 N–H and O–H groups in total. The van der Waals surface area contributed by atoms with Crippen molar-refractivity contribution in [1.29, 1.82) is 0 Å². The number of carbonyl (C=O) groups is 1. The molecule has 0 amide bonds. The number of aliphatic carboxylic acids is 1. The van der Waals surface area contributed by atoms with E-state index in [1.807, 2.05) is 25.2 Å². The van der Waals surface area contributed by atoms with Crippen molar-refractivity contribution in [3.8, 4) is 0 Å². The zero-order valence-electron chi connectivity index (χ0n) is 14.6. The van der Waals surface area contributed by atoms with E-state index in [0.717, 1.165) is 36.2 Å². The van der Waals surface area contributed by atoms with Crippen molar-refractivity contribution < 1.29 is 14.6 Å². The molecular formula is C20H28O3. The molecule has 0 bridgehead atoms. The van der Waals surface area contributed by atoms with E-state index < -0.39 is 5.97 Å². The van der Waals surface area contributed by atoms with Gasteiger partial charge in [-0.25, -0.2) is 4.79 Å². The predicted molar refractivity (Wildman–Crippen MR) is 95.1 cm³/mol. The Morgan fingerprint density at radius 2 is 2.13 bits per heavy atom. The molecule has 23 heavy (non-hydrogen) atoms. The van der Waals surface area contributed by atoms with Crippen LogP contribution >= 0.6 is 0 Å². The topological polar surface area (TPSA) is 46.5 Å². The van der Waals surface area contributed by atoms with Gasteiger partial charge < -0.3 is 9.84 Å². The van der Waals surface area contributed by atoms with Crippen molar-refractivity contribution >= 4 is 5.97 Å². The lowest BCUT2D eigenvalue weighted by Gasteiger charge is -2.37. The maximum atomic E-state index is 10.9. The Hall–Kier alpha value is -2.03. The lowest BCUT2D eigenvalue weighted by molar-refractivity contribution is -0.131.